The average Bonchev–Trinajstić information content (AvgIpc) is 2.39. The highest BCUT2D eigenvalue weighted by Gasteiger charge is 2.07. The number of aromatic nitrogens is 1. The van der Waals surface area contributed by atoms with E-state index in [0.717, 1.165) is 24.2 Å². The average molecular weight is 244 g/mol. The van der Waals surface area contributed by atoms with E-state index in [1.165, 1.54) is 5.39 Å². The van der Waals surface area contributed by atoms with Gasteiger partial charge in [-0.15, -0.1) is 0 Å². The quantitative estimate of drug-likeness (QED) is 0.845. The van der Waals surface area contributed by atoms with Crippen LogP contribution in [0, 0.1) is 0 Å². The SMILES string of the molecule is CCCC(COC)Nc1ccc2ccccc2n1. The Morgan fingerprint density at radius 2 is 2.06 bits per heavy atom. The minimum absolute atomic E-state index is 0.327. The highest BCUT2D eigenvalue weighted by atomic mass is 16.5. The van der Waals surface area contributed by atoms with Crippen molar-refractivity contribution in [3.05, 3.63) is 36.4 Å². The molecule has 1 aromatic heterocycles. The number of hydrogen-bond donors (Lipinski definition) is 1. The molecule has 1 unspecified atom stereocenters. The molecule has 0 fully saturated rings. The van der Waals surface area contributed by atoms with Gasteiger partial charge in [-0.2, -0.15) is 0 Å². The molecule has 0 radical (unpaired) electrons. The van der Waals surface area contributed by atoms with E-state index < -0.39 is 0 Å². The molecule has 3 heteroatoms. The Kier molecular flexibility index (Phi) is 4.53. The number of para-hydroxylation sites is 1. The Labute approximate surface area is 108 Å². The van der Waals surface area contributed by atoms with Crippen molar-refractivity contribution in [3.63, 3.8) is 0 Å². The van der Waals surface area contributed by atoms with Gasteiger partial charge in [-0.05, 0) is 24.6 Å². The molecule has 1 aromatic carbocycles. The fourth-order valence-electron chi connectivity index (χ4n) is 2.10. The lowest BCUT2D eigenvalue weighted by Crippen LogP contribution is -2.25. The van der Waals surface area contributed by atoms with Gasteiger partial charge in [0.15, 0.2) is 0 Å². The first-order valence-corrected chi connectivity index (χ1v) is 6.44. The topological polar surface area (TPSA) is 34.1 Å². The van der Waals surface area contributed by atoms with Crippen LogP contribution >= 0.6 is 0 Å². The van der Waals surface area contributed by atoms with Gasteiger partial charge in [0.05, 0.1) is 18.2 Å². The molecule has 2 rings (SSSR count). The van der Waals surface area contributed by atoms with E-state index in [2.05, 4.69) is 29.4 Å². The van der Waals surface area contributed by atoms with Crippen LogP contribution in [0.2, 0.25) is 0 Å². The van der Waals surface area contributed by atoms with E-state index >= 15 is 0 Å². The number of anilines is 1. The largest absolute Gasteiger partial charge is 0.383 e. The lowest BCUT2D eigenvalue weighted by molar-refractivity contribution is 0.182. The third-order valence-corrected chi connectivity index (χ3v) is 2.96. The van der Waals surface area contributed by atoms with Crippen LogP contribution in [0.4, 0.5) is 5.82 Å². The summed E-state index contributed by atoms with van der Waals surface area (Å²) in [4.78, 5) is 4.61. The molecule has 0 amide bonds. The fourth-order valence-corrected chi connectivity index (χ4v) is 2.10. The monoisotopic (exact) mass is 244 g/mol. The van der Waals surface area contributed by atoms with E-state index in [1.807, 2.05) is 24.3 Å². The van der Waals surface area contributed by atoms with Crippen LogP contribution in [0.1, 0.15) is 19.8 Å². The highest BCUT2D eigenvalue weighted by molar-refractivity contribution is 5.80. The molecule has 0 saturated heterocycles. The number of rotatable bonds is 6. The molecule has 0 aliphatic rings. The van der Waals surface area contributed by atoms with Gasteiger partial charge in [0.2, 0.25) is 0 Å². The van der Waals surface area contributed by atoms with Crippen molar-refractivity contribution >= 4 is 16.7 Å². The molecular formula is C15H20N2O. The van der Waals surface area contributed by atoms with Crippen molar-refractivity contribution in [1.82, 2.24) is 4.98 Å². The second kappa shape index (κ2) is 6.36. The first-order chi connectivity index (χ1) is 8.83. The maximum absolute atomic E-state index is 5.23. The molecule has 1 atom stereocenters. The third kappa shape index (κ3) is 3.20. The zero-order chi connectivity index (χ0) is 12.8. The maximum atomic E-state index is 5.23. The fraction of sp³-hybridized carbons (Fsp3) is 0.400. The Balaban J connectivity index is 2.14. The van der Waals surface area contributed by atoms with Gasteiger partial charge in [-0.1, -0.05) is 31.5 Å². The molecule has 0 aliphatic carbocycles. The summed E-state index contributed by atoms with van der Waals surface area (Å²) in [7, 11) is 1.73. The summed E-state index contributed by atoms with van der Waals surface area (Å²) < 4.78 is 5.23. The molecule has 0 bridgehead atoms. The summed E-state index contributed by atoms with van der Waals surface area (Å²) in [5.41, 5.74) is 1.02. The number of methoxy groups -OCH3 is 1. The minimum Gasteiger partial charge on any atom is -0.383 e. The highest BCUT2D eigenvalue weighted by Crippen LogP contribution is 2.16. The van der Waals surface area contributed by atoms with Crippen LogP contribution in [0.3, 0.4) is 0 Å². The summed E-state index contributed by atoms with van der Waals surface area (Å²) in [6.07, 6.45) is 2.22. The zero-order valence-electron chi connectivity index (χ0n) is 11.0. The van der Waals surface area contributed by atoms with Crippen molar-refractivity contribution < 1.29 is 4.74 Å². The zero-order valence-corrected chi connectivity index (χ0v) is 11.0. The van der Waals surface area contributed by atoms with Crippen LogP contribution in [0.25, 0.3) is 10.9 Å². The summed E-state index contributed by atoms with van der Waals surface area (Å²) in [5, 5.41) is 4.61. The summed E-state index contributed by atoms with van der Waals surface area (Å²) >= 11 is 0. The first kappa shape index (κ1) is 12.8. The lowest BCUT2D eigenvalue weighted by Gasteiger charge is -2.17. The van der Waals surface area contributed by atoms with Crippen LogP contribution in [0.15, 0.2) is 36.4 Å². The van der Waals surface area contributed by atoms with Crippen LogP contribution in [-0.2, 0) is 4.74 Å². The smallest absolute Gasteiger partial charge is 0.126 e. The van der Waals surface area contributed by atoms with Crippen LogP contribution in [-0.4, -0.2) is 24.7 Å². The molecular weight excluding hydrogens is 224 g/mol. The molecule has 2 aromatic rings. The van der Waals surface area contributed by atoms with Gasteiger partial charge in [0.1, 0.15) is 5.82 Å². The Morgan fingerprint density at radius 3 is 2.83 bits per heavy atom. The van der Waals surface area contributed by atoms with Crippen molar-refractivity contribution in [2.45, 2.75) is 25.8 Å². The van der Waals surface area contributed by atoms with Gasteiger partial charge in [0.25, 0.3) is 0 Å². The number of pyridine rings is 1. The molecule has 3 nitrogen and oxygen atoms in total. The Hall–Kier alpha value is -1.61. The van der Waals surface area contributed by atoms with Gasteiger partial charge in [0, 0.05) is 12.5 Å². The molecule has 18 heavy (non-hydrogen) atoms. The maximum Gasteiger partial charge on any atom is 0.126 e. The lowest BCUT2D eigenvalue weighted by atomic mass is 10.1. The number of hydrogen-bond acceptors (Lipinski definition) is 3. The van der Waals surface area contributed by atoms with Gasteiger partial charge >= 0.3 is 0 Å². The molecule has 1 heterocycles. The Bertz CT molecular complexity index is 493. The Morgan fingerprint density at radius 1 is 1.22 bits per heavy atom. The second-order valence-electron chi connectivity index (χ2n) is 4.47. The summed E-state index contributed by atoms with van der Waals surface area (Å²) in [6, 6.07) is 12.6. The van der Waals surface area contributed by atoms with Crippen molar-refractivity contribution in [1.29, 1.82) is 0 Å². The van der Waals surface area contributed by atoms with E-state index in [4.69, 9.17) is 4.74 Å². The van der Waals surface area contributed by atoms with Crippen molar-refractivity contribution in [2.75, 3.05) is 19.0 Å². The number of fused-ring (bicyclic) bond motifs is 1. The van der Waals surface area contributed by atoms with E-state index in [1.54, 1.807) is 7.11 Å². The molecule has 1 N–H and O–H groups in total. The standard InChI is InChI=1S/C15H20N2O/c1-3-6-13(11-18-2)16-15-10-9-12-7-4-5-8-14(12)17-15/h4-5,7-10,13H,3,6,11H2,1-2H3,(H,16,17). The molecule has 0 saturated carbocycles. The second-order valence-corrected chi connectivity index (χ2v) is 4.47. The van der Waals surface area contributed by atoms with Crippen molar-refractivity contribution in [3.8, 4) is 0 Å². The molecule has 0 spiro atoms. The van der Waals surface area contributed by atoms with Crippen LogP contribution in [0.5, 0.6) is 0 Å². The summed E-state index contributed by atoms with van der Waals surface area (Å²) in [5.74, 6) is 0.921. The van der Waals surface area contributed by atoms with Crippen molar-refractivity contribution in [2.24, 2.45) is 0 Å². The van der Waals surface area contributed by atoms with E-state index in [-0.39, 0.29) is 0 Å². The number of nitrogens with one attached hydrogen (secondary N) is 1. The van der Waals surface area contributed by atoms with E-state index in [0.29, 0.717) is 12.6 Å². The molecule has 0 aliphatic heterocycles. The van der Waals surface area contributed by atoms with Gasteiger partial charge in [-0.3, -0.25) is 0 Å². The first-order valence-electron chi connectivity index (χ1n) is 6.44. The predicted octanol–water partition coefficient (Wildman–Crippen LogP) is 3.46. The normalized spacial score (nSPS) is 12.6. The van der Waals surface area contributed by atoms with Crippen LogP contribution < -0.4 is 5.32 Å². The summed E-state index contributed by atoms with van der Waals surface area (Å²) in [6.45, 7) is 2.89. The minimum atomic E-state index is 0.327. The predicted molar refractivity (Wildman–Crippen MR) is 75.9 cm³/mol. The number of benzene rings is 1. The third-order valence-electron chi connectivity index (χ3n) is 2.96. The molecule has 96 valence electrons. The number of nitrogens with zero attached hydrogens (tertiary/aromatic N) is 1. The van der Waals surface area contributed by atoms with E-state index in [9.17, 15) is 0 Å². The number of ether oxygens (including phenoxy) is 1. The van der Waals surface area contributed by atoms with Gasteiger partial charge < -0.3 is 10.1 Å². The van der Waals surface area contributed by atoms with Gasteiger partial charge in [-0.25, -0.2) is 4.98 Å².